The fourth-order valence-corrected chi connectivity index (χ4v) is 3.38. The van der Waals surface area contributed by atoms with Crippen LogP contribution in [0.2, 0.25) is 0 Å². The summed E-state index contributed by atoms with van der Waals surface area (Å²) in [5, 5.41) is 0. The van der Waals surface area contributed by atoms with E-state index in [0.717, 1.165) is 52.4 Å². The molecular weight excluding hydrogens is 348 g/mol. The predicted molar refractivity (Wildman–Crippen MR) is 114 cm³/mol. The first-order valence-electron chi connectivity index (χ1n) is 10.00. The van der Waals surface area contributed by atoms with Crippen LogP contribution >= 0.6 is 0 Å². The van der Waals surface area contributed by atoms with Crippen molar-refractivity contribution in [2.45, 2.75) is 60.5 Å². The third-order valence-electron chi connectivity index (χ3n) is 5.06. The van der Waals surface area contributed by atoms with E-state index in [4.69, 9.17) is 9.47 Å². The maximum atomic E-state index is 6.31. The number of pyridine rings is 1. The van der Waals surface area contributed by atoms with E-state index < -0.39 is 0 Å². The van der Waals surface area contributed by atoms with E-state index in [-0.39, 0.29) is 6.10 Å². The molecule has 0 unspecified atom stereocenters. The lowest BCUT2D eigenvalue weighted by Gasteiger charge is -2.20. The SMILES string of the molecule is CCC(CC)Oc1cc(C)nc(Oc2c(C)cc(-n3cccc3)cc2C)c1C. The van der Waals surface area contributed by atoms with Crippen LogP contribution in [0.25, 0.3) is 5.69 Å². The van der Waals surface area contributed by atoms with Crippen molar-refractivity contribution in [2.24, 2.45) is 0 Å². The molecule has 0 aliphatic carbocycles. The Hall–Kier alpha value is -2.75. The number of hydrogen-bond donors (Lipinski definition) is 0. The molecule has 0 N–H and O–H groups in total. The highest BCUT2D eigenvalue weighted by molar-refractivity contribution is 5.52. The molecule has 0 amide bonds. The van der Waals surface area contributed by atoms with E-state index in [1.165, 1.54) is 0 Å². The maximum Gasteiger partial charge on any atom is 0.226 e. The Balaban J connectivity index is 1.94. The number of benzene rings is 1. The molecule has 3 aromatic rings. The molecule has 2 aromatic heterocycles. The number of rotatable bonds is 7. The number of nitrogens with zero attached hydrogens (tertiary/aromatic N) is 2. The standard InChI is InChI=1S/C24H30N2O2/c1-7-21(8-2)27-22-15-18(5)25-24(19(22)6)28-23-16(3)13-20(14-17(23)4)26-11-9-10-12-26/h9-15,21H,7-8H2,1-6H3. The summed E-state index contributed by atoms with van der Waals surface area (Å²) in [4.78, 5) is 4.63. The minimum Gasteiger partial charge on any atom is -0.490 e. The molecule has 0 aliphatic heterocycles. The summed E-state index contributed by atoms with van der Waals surface area (Å²) in [6.45, 7) is 12.4. The largest absolute Gasteiger partial charge is 0.490 e. The lowest BCUT2D eigenvalue weighted by Crippen LogP contribution is -2.15. The smallest absolute Gasteiger partial charge is 0.226 e. The summed E-state index contributed by atoms with van der Waals surface area (Å²) >= 11 is 0. The van der Waals surface area contributed by atoms with E-state index in [1.807, 2.05) is 44.4 Å². The zero-order valence-corrected chi connectivity index (χ0v) is 17.7. The molecule has 0 saturated carbocycles. The first kappa shape index (κ1) is 20.0. The van der Waals surface area contributed by atoms with E-state index in [0.29, 0.717) is 5.88 Å². The van der Waals surface area contributed by atoms with Crippen LogP contribution in [0.1, 0.15) is 49.1 Å². The van der Waals surface area contributed by atoms with Gasteiger partial charge >= 0.3 is 0 Å². The topological polar surface area (TPSA) is 36.3 Å². The van der Waals surface area contributed by atoms with Gasteiger partial charge in [-0.25, -0.2) is 4.98 Å². The van der Waals surface area contributed by atoms with E-state index >= 15 is 0 Å². The summed E-state index contributed by atoms with van der Waals surface area (Å²) in [5.74, 6) is 2.32. The Labute approximate surface area is 168 Å². The van der Waals surface area contributed by atoms with Gasteiger partial charge in [-0.1, -0.05) is 13.8 Å². The van der Waals surface area contributed by atoms with Crippen LogP contribution in [0.3, 0.4) is 0 Å². The van der Waals surface area contributed by atoms with Crippen LogP contribution in [0, 0.1) is 27.7 Å². The normalized spacial score (nSPS) is 11.1. The molecule has 0 bridgehead atoms. The maximum absolute atomic E-state index is 6.31. The first-order chi connectivity index (χ1) is 13.4. The van der Waals surface area contributed by atoms with Gasteiger partial charge in [-0.15, -0.1) is 0 Å². The molecule has 0 saturated heterocycles. The van der Waals surface area contributed by atoms with Crippen molar-refractivity contribution in [3.63, 3.8) is 0 Å². The van der Waals surface area contributed by atoms with E-state index in [2.05, 4.69) is 49.4 Å². The molecule has 1 aromatic carbocycles. The third kappa shape index (κ3) is 4.22. The van der Waals surface area contributed by atoms with Crippen LogP contribution in [0.15, 0.2) is 42.7 Å². The second kappa shape index (κ2) is 8.51. The Morgan fingerprint density at radius 2 is 1.54 bits per heavy atom. The first-order valence-corrected chi connectivity index (χ1v) is 10.00. The van der Waals surface area contributed by atoms with Gasteiger partial charge in [0.05, 0.1) is 11.7 Å². The molecule has 4 heteroatoms. The fourth-order valence-electron chi connectivity index (χ4n) is 3.38. The molecule has 0 atom stereocenters. The lowest BCUT2D eigenvalue weighted by molar-refractivity contribution is 0.190. The van der Waals surface area contributed by atoms with Gasteiger partial charge in [0.15, 0.2) is 0 Å². The van der Waals surface area contributed by atoms with Gasteiger partial charge in [0.1, 0.15) is 11.5 Å². The number of aromatic nitrogens is 2. The van der Waals surface area contributed by atoms with Gasteiger partial charge in [0.25, 0.3) is 0 Å². The van der Waals surface area contributed by atoms with Gasteiger partial charge in [0.2, 0.25) is 5.88 Å². The molecule has 0 spiro atoms. The van der Waals surface area contributed by atoms with Crippen LogP contribution < -0.4 is 9.47 Å². The molecule has 0 fully saturated rings. The summed E-state index contributed by atoms with van der Waals surface area (Å²) in [7, 11) is 0. The predicted octanol–water partition coefficient (Wildman–Crippen LogP) is 6.47. The van der Waals surface area contributed by atoms with Crippen molar-refractivity contribution in [3.05, 3.63) is 65.1 Å². The lowest BCUT2D eigenvalue weighted by atomic mass is 10.1. The van der Waals surface area contributed by atoms with Crippen molar-refractivity contribution in [2.75, 3.05) is 0 Å². The highest BCUT2D eigenvalue weighted by Crippen LogP contribution is 2.35. The second-order valence-electron chi connectivity index (χ2n) is 7.35. The Kier molecular flexibility index (Phi) is 6.08. The number of ether oxygens (including phenoxy) is 2. The third-order valence-corrected chi connectivity index (χ3v) is 5.06. The number of aryl methyl sites for hydroxylation is 3. The zero-order chi connectivity index (χ0) is 20.3. The van der Waals surface area contributed by atoms with Gasteiger partial charge in [0, 0.05) is 29.8 Å². The van der Waals surface area contributed by atoms with Crippen molar-refractivity contribution in [1.29, 1.82) is 0 Å². The molecule has 3 rings (SSSR count). The minimum atomic E-state index is 0.206. The van der Waals surface area contributed by atoms with Crippen LogP contribution in [0.4, 0.5) is 0 Å². The monoisotopic (exact) mass is 378 g/mol. The minimum absolute atomic E-state index is 0.206. The average molecular weight is 379 g/mol. The second-order valence-corrected chi connectivity index (χ2v) is 7.35. The molecule has 0 radical (unpaired) electrons. The summed E-state index contributed by atoms with van der Waals surface area (Å²) in [5.41, 5.74) is 5.10. The van der Waals surface area contributed by atoms with Crippen molar-refractivity contribution < 1.29 is 9.47 Å². The molecule has 0 aliphatic rings. The molecule has 148 valence electrons. The Morgan fingerprint density at radius 3 is 2.11 bits per heavy atom. The van der Waals surface area contributed by atoms with Crippen molar-refractivity contribution in [3.8, 4) is 23.1 Å². The van der Waals surface area contributed by atoms with Crippen LogP contribution in [0.5, 0.6) is 17.4 Å². The quantitative estimate of drug-likeness (QED) is 0.473. The van der Waals surface area contributed by atoms with Crippen molar-refractivity contribution in [1.82, 2.24) is 9.55 Å². The van der Waals surface area contributed by atoms with Crippen LogP contribution in [-0.4, -0.2) is 15.7 Å². The van der Waals surface area contributed by atoms with E-state index in [1.54, 1.807) is 0 Å². The highest BCUT2D eigenvalue weighted by atomic mass is 16.5. The Bertz CT molecular complexity index is 918. The van der Waals surface area contributed by atoms with Crippen LogP contribution in [-0.2, 0) is 0 Å². The average Bonchev–Trinajstić information content (AvgIpc) is 3.20. The summed E-state index contributed by atoms with van der Waals surface area (Å²) in [6, 6.07) is 10.3. The van der Waals surface area contributed by atoms with E-state index in [9.17, 15) is 0 Å². The summed E-state index contributed by atoms with van der Waals surface area (Å²) in [6.07, 6.45) is 6.25. The van der Waals surface area contributed by atoms with Crippen molar-refractivity contribution >= 4 is 0 Å². The molecule has 4 nitrogen and oxygen atoms in total. The van der Waals surface area contributed by atoms with Gasteiger partial charge < -0.3 is 14.0 Å². The molecule has 28 heavy (non-hydrogen) atoms. The molecular formula is C24H30N2O2. The fraction of sp³-hybridized carbons (Fsp3) is 0.375. The summed E-state index contributed by atoms with van der Waals surface area (Å²) < 4.78 is 14.6. The number of hydrogen-bond acceptors (Lipinski definition) is 3. The highest BCUT2D eigenvalue weighted by Gasteiger charge is 2.16. The Morgan fingerprint density at radius 1 is 0.929 bits per heavy atom. The van der Waals surface area contributed by atoms with Gasteiger partial charge in [-0.2, -0.15) is 0 Å². The van der Waals surface area contributed by atoms with Gasteiger partial charge in [-0.3, -0.25) is 0 Å². The molecule has 2 heterocycles. The zero-order valence-electron chi connectivity index (χ0n) is 17.7. The van der Waals surface area contributed by atoms with Gasteiger partial charge in [-0.05, 0) is 75.9 Å².